The van der Waals surface area contributed by atoms with Crippen LogP contribution in [0.3, 0.4) is 0 Å². The van der Waals surface area contributed by atoms with Crippen LogP contribution in [0, 0.1) is 11.3 Å². The molecule has 1 saturated carbocycles. The SMILES string of the molecule is COC(=O)C(O)CNC(=O)C1(N)C2CCOC2C1(C)C. The zero-order valence-electron chi connectivity index (χ0n) is 12.0. The molecule has 0 radical (unpaired) electrons. The molecule has 2 aliphatic rings. The van der Waals surface area contributed by atoms with Crippen LogP contribution in [0.1, 0.15) is 20.3 Å². The molecule has 0 spiro atoms. The van der Waals surface area contributed by atoms with Gasteiger partial charge in [-0.1, -0.05) is 13.8 Å². The smallest absolute Gasteiger partial charge is 0.336 e. The van der Waals surface area contributed by atoms with E-state index in [4.69, 9.17) is 10.5 Å². The summed E-state index contributed by atoms with van der Waals surface area (Å²) < 4.78 is 10.00. The third-order valence-electron chi connectivity index (χ3n) is 4.76. The van der Waals surface area contributed by atoms with E-state index in [2.05, 4.69) is 10.1 Å². The van der Waals surface area contributed by atoms with E-state index in [0.29, 0.717) is 6.61 Å². The Kier molecular flexibility index (Phi) is 3.79. The molecule has 7 nitrogen and oxygen atoms in total. The maximum atomic E-state index is 12.4. The molecule has 114 valence electrons. The second-order valence-corrected chi connectivity index (χ2v) is 6.03. The molecular weight excluding hydrogens is 264 g/mol. The number of nitrogens with two attached hydrogens (primary N) is 1. The van der Waals surface area contributed by atoms with Gasteiger partial charge in [-0.2, -0.15) is 0 Å². The van der Waals surface area contributed by atoms with Crippen molar-refractivity contribution in [1.82, 2.24) is 5.32 Å². The number of aliphatic hydroxyl groups is 1. The third kappa shape index (κ3) is 1.92. The maximum absolute atomic E-state index is 12.4. The minimum atomic E-state index is -1.38. The van der Waals surface area contributed by atoms with Crippen LogP contribution in [0.5, 0.6) is 0 Å². The van der Waals surface area contributed by atoms with E-state index in [1.165, 1.54) is 7.11 Å². The number of amides is 1. The Labute approximate surface area is 117 Å². The first-order valence-electron chi connectivity index (χ1n) is 6.71. The minimum Gasteiger partial charge on any atom is -0.467 e. The lowest BCUT2D eigenvalue weighted by molar-refractivity contribution is -0.175. The molecule has 1 heterocycles. The second kappa shape index (κ2) is 4.98. The molecule has 0 aromatic carbocycles. The van der Waals surface area contributed by atoms with Crippen molar-refractivity contribution < 1.29 is 24.2 Å². The number of fused-ring (bicyclic) bond motifs is 1. The van der Waals surface area contributed by atoms with E-state index in [0.717, 1.165) is 6.42 Å². The number of ether oxygens (including phenoxy) is 2. The van der Waals surface area contributed by atoms with Gasteiger partial charge in [0.1, 0.15) is 5.54 Å². The Morgan fingerprint density at radius 2 is 2.20 bits per heavy atom. The van der Waals surface area contributed by atoms with Gasteiger partial charge in [-0.25, -0.2) is 4.79 Å². The third-order valence-corrected chi connectivity index (χ3v) is 4.76. The fraction of sp³-hybridized carbons (Fsp3) is 0.846. The summed E-state index contributed by atoms with van der Waals surface area (Å²) in [5.41, 5.74) is 4.80. The van der Waals surface area contributed by atoms with Crippen LogP contribution in [0.2, 0.25) is 0 Å². The van der Waals surface area contributed by atoms with Crippen molar-refractivity contribution in [3.05, 3.63) is 0 Å². The van der Waals surface area contributed by atoms with Crippen LogP contribution >= 0.6 is 0 Å². The van der Waals surface area contributed by atoms with E-state index in [1.54, 1.807) is 0 Å². The largest absolute Gasteiger partial charge is 0.467 e. The van der Waals surface area contributed by atoms with Crippen LogP contribution in [0.15, 0.2) is 0 Å². The number of hydrogen-bond donors (Lipinski definition) is 3. The number of hydrogen-bond acceptors (Lipinski definition) is 6. The molecule has 4 N–H and O–H groups in total. The van der Waals surface area contributed by atoms with Gasteiger partial charge in [0.05, 0.1) is 19.8 Å². The average molecular weight is 286 g/mol. The van der Waals surface area contributed by atoms with Crippen LogP contribution < -0.4 is 11.1 Å². The molecule has 1 aliphatic carbocycles. The Morgan fingerprint density at radius 1 is 1.55 bits per heavy atom. The van der Waals surface area contributed by atoms with Crippen molar-refractivity contribution in [2.45, 2.75) is 38.0 Å². The molecule has 1 amide bonds. The number of aliphatic hydroxyl groups excluding tert-OH is 1. The zero-order valence-corrected chi connectivity index (χ0v) is 12.0. The Morgan fingerprint density at radius 3 is 2.80 bits per heavy atom. The summed E-state index contributed by atoms with van der Waals surface area (Å²) in [6.45, 7) is 4.19. The number of esters is 1. The van der Waals surface area contributed by atoms with Gasteiger partial charge in [-0.15, -0.1) is 0 Å². The minimum absolute atomic E-state index is 0.0104. The molecule has 0 aromatic heterocycles. The van der Waals surface area contributed by atoms with Crippen molar-refractivity contribution >= 4 is 11.9 Å². The molecule has 20 heavy (non-hydrogen) atoms. The second-order valence-electron chi connectivity index (χ2n) is 6.03. The number of nitrogens with one attached hydrogen (secondary N) is 1. The van der Waals surface area contributed by atoms with Crippen LogP contribution in [0.4, 0.5) is 0 Å². The first-order valence-corrected chi connectivity index (χ1v) is 6.71. The molecule has 0 aromatic rings. The highest BCUT2D eigenvalue weighted by Crippen LogP contribution is 2.58. The summed E-state index contributed by atoms with van der Waals surface area (Å²) in [6.07, 6.45) is -0.646. The number of methoxy groups -OCH3 is 1. The highest BCUT2D eigenvalue weighted by Gasteiger charge is 2.71. The van der Waals surface area contributed by atoms with Crippen molar-refractivity contribution in [1.29, 1.82) is 0 Å². The average Bonchev–Trinajstić information content (AvgIpc) is 2.90. The summed E-state index contributed by atoms with van der Waals surface area (Å²) >= 11 is 0. The number of rotatable bonds is 4. The topological polar surface area (TPSA) is 111 Å². The normalized spacial score (nSPS) is 35.6. The summed E-state index contributed by atoms with van der Waals surface area (Å²) in [5, 5.41) is 12.0. The number of carbonyl (C=O) groups excluding carboxylic acids is 2. The monoisotopic (exact) mass is 286 g/mol. The summed E-state index contributed by atoms with van der Waals surface area (Å²) in [7, 11) is 1.17. The molecule has 4 unspecified atom stereocenters. The van der Waals surface area contributed by atoms with Gasteiger partial charge in [0.15, 0.2) is 6.10 Å². The van der Waals surface area contributed by atoms with E-state index < -0.39 is 23.0 Å². The molecule has 4 atom stereocenters. The molecule has 2 fully saturated rings. The van der Waals surface area contributed by atoms with E-state index in [1.807, 2.05) is 13.8 Å². The van der Waals surface area contributed by atoms with Gasteiger partial charge in [0, 0.05) is 17.9 Å². The predicted octanol–water partition coefficient (Wildman–Crippen LogP) is -1.22. The fourth-order valence-electron chi connectivity index (χ4n) is 3.40. The quantitative estimate of drug-likeness (QED) is 0.559. The highest BCUT2D eigenvalue weighted by molar-refractivity contribution is 5.90. The van der Waals surface area contributed by atoms with Gasteiger partial charge < -0.3 is 25.6 Å². The van der Waals surface area contributed by atoms with Crippen LogP contribution in [-0.4, -0.2) is 55.0 Å². The van der Waals surface area contributed by atoms with Gasteiger partial charge in [0.2, 0.25) is 5.91 Å². The standard InChI is InChI=1S/C13H22N2O5/c1-12(2)9-7(4-5-20-9)13(12,14)11(18)15-6-8(16)10(17)19-3/h7-9,16H,4-6,14H2,1-3H3,(H,15,18). The molecule has 1 aliphatic heterocycles. The molecular formula is C13H22N2O5. The van der Waals surface area contributed by atoms with Gasteiger partial charge in [-0.05, 0) is 6.42 Å². The maximum Gasteiger partial charge on any atom is 0.336 e. The summed E-state index contributed by atoms with van der Waals surface area (Å²) in [4.78, 5) is 23.5. The van der Waals surface area contributed by atoms with Crippen molar-refractivity contribution in [3.63, 3.8) is 0 Å². The lowest BCUT2D eigenvalue weighted by Gasteiger charge is -2.60. The fourth-order valence-corrected chi connectivity index (χ4v) is 3.40. The van der Waals surface area contributed by atoms with Crippen molar-refractivity contribution in [2.24, 2.45) is 17.1 Å². The van der Waals surface area contributed by atoms with Crippen molar-refractivity contribution in [2.75, 3.05) is 20.3 Å². The molecule has 1 saturated heterocycles. The van der Waals surface area contributed by atoms with Crippen LogP contribution in [-0.2, 0) is 19.1 Å². The van der Waals surface area contributed by atoms with Crippen LogP contribution in [0.25, 0.3) is 0 Å². The van der Waals surface area contributed by atoms with Gasteiger partial charge in [0.25, 0.3) is 0 Å². The van der Waals surface area contributed by atoms with E-state index in [9.17, 15) is 14.7 Å². The molecule has 0 bridgehead atoms. The predicted molar refractivity (Wildman–Crippen MR) is 69.6 cm³/mol. The lowest BCUT2D eigenvalue weighted by atomic mass is 9.48. The molecule has 7 heteroatoms. The molecule has 2 rings (SSSR count). The van der Waals surface area contributed by atoms with Gasteiger partial charge >= 0.3 is 5.97 Å². The number of carbonyl (C=O) groups is 2. The van der Waals surface area contributed by atoms with Crippen molar-refractivity contribution in [3.8, 4) is 0 Å². The Hall–Kier alpha value is -1.18. The first-order chi connectivity index (χ1) is 9.26. The highest BCUT2D eigenvalue weighted by atomic mass is 16.5. The Bertz CT molecular complexity index is 425. The summed E-state index contributed by atoms with van der Waals surface area (Å²) in [6, 6.07) is 0. The van der Waals surface area contributed by atoms with E-state index in [-0.39, 0.29) is 24.5 Å². The first kappa shape index (κ1) is 15.2. The summed E-state index contributed by atoms with van der Waals surface area (Å²) in [5.74, 6) is -1.17. The van der Waals surface area contributed by atoms with E-state index >= 15 is 0 Å². The lowest BCUT2D eigenvalue weighted by Crippen LogP contribution is -2.80. The van der Waals surface area contributed by atoms with Gasteiger partial charge in [-0.3, -0.25) is 4.79 Å². The zero-order chi connectivity index (χ0) is 15.1. The Balaban J connectivity index is 2.00.